The maximum absolute atomic E-state index is 3.86. The molecule has 1 aromatic carbocycles. The SMILES string of the molecule is C=C[C](C)c1cccc(SC)c1C=C. The summed E-state index contributed by atoms with van der Waals surface area (Å²) in [5, 5.41) is 0. The predicted molar refractivity (Wildman–Crippen MR) is 66.5 cm³/mol. The molecule has 0 aliphatic carbocycles. The zero-order valence-corrected chi connectivity index (χ0v) is 9.53. The molecule has 14 heavy (non-hydrogen) atoms. The number of benzene rings is 1. The maximum atomic E-state index is 3.86. The fourth-order valence-electron chi connectivity index (χ4n) is 1.39. The molecule has 0 N–H and O–H groups in total. The van der Waals surface area contributed by atoms with Crippen molar-refractivity contribution in [3.05, 3.63) is 54.5 Å². The van der Waals surface area contributed by atoms with Crippen LogP contribution in [0.2, 0.25) is 0 Å². The topological polar surface area (TPSA) is 0 Å². The summed E-state index contributed by atoms with van der Waals surface area (Å²) in [6.07, 6.45) is 5.87. The van der Waals surface area contributed by atoms with Gasteiger partial charge in [-0.1, -0.05) is 37.8 Å². The van der Waals surface area contributed by atoms with Gasteiger partial charge >= 0.3 is 0 Å². The third-order valence-electron chi connectivity index (χ3n) is 2.22. The Bertz CT molecular complexity index is 339. The lowest BCUT2D eigenvalue weighted by atomic mass is 9.96. The lowest BCUT2D eigenvalue weighted by Crippen LogP contribution is -1.95. The summed E-state index contributed by atoms with van der Waals surface area (Å²) >= 11 is 1.74. The monoisotopic (exact) mass is 203 g/mol. The Labute approximate surface area is 90.7 Å². The Balaban J connectivity index is 3.28. The highest BCUT2D eigenvalue weighted by molar-refractivity contribution is 7.98. The first-order valence-electron chi connectivity index (χ1n) is 4.50. The molecule has 0 amide bonds. The Kier molecular flexibility index (Phi) is 4.02. The summed E-state index contributed by atoms with van der Waals surface area (Å²) in [5.74, 6) is 1.19. The smallest absolute Gasteiger partial charge is 0.0236 e. The van der Waals surface area contributed by atoms with Crippen LogP contribution in [0.3, 0.4) is 0 Å². The zero-order chi connectivity index (χ0) is 10.6. The molecule has 0 aromatic heterocycles. The van der Waals surface area contributed by atoms with Crippen molar-refractivity contribution in [1.29, 1.82) is 0 Å². The van der Waals surface area contributed by atoms with Crippen LogP contribution in [0.15, 0.2) is 42.3 Å². The molecule has 0 spiro atoms. The van der Waals surface area contributed by atoms with E-state index in [1.165, 1.54) is 21.9 Å². The second-order valence-corrected chi connectivity index (χ2v) is 3.86. The van der Waals surface area contributed by atoms with Crippen molar-refractivity contribution in [3.63, 3.8) is 0 Å². The van der Waals surface area contributed by atoms with Gasteiger partial charge in [-0.3, -0.25) is 0 Å². The van der Waals surface area contributed by atoms with Crippen LogP contribution >= 0.6 is 11.8 Å². The third kappa shape index (κ3) is 2.10. The van der Waals surface area contributed by atoms with E-state index >= 15 is 0 Å². The van der Waals surface area contributed by atoms with E-state index in [0.717, 1.165) is 0 Å². The van der Waals surface area contributed by atoms with Crippen LogP contribution < -0.4 is 0 Å². The van der Waals surface area contributed by atoms with E-state index in [0.29, 0.717) is 0 Å². The lowest BCUT2D eigenvalue weighted by Gasteiger charge is -2.12. The number of hydrogen-bond donors (Lipinski definition) is 0. The van der Waals surface area contributed by atoms with Crippen LogP contribution in [0.4, 0.5) is 0 Å². The summed E-state index contributed by atoms with van der Waals surface area (Å²) < 4.78 is 0. The molecule has 1 radical (unpaired) electrons. The molecule has 0 aliphatic heterocycles. The van der Waals surface area contributed by atoms with Gasteiger partial charge in [0.05, 0.1) is 0 Å². The molecule has 0 nitrogen and oxygen atoms in total. The molecule has 0 bridgehead atoms. The Hall–Kier alpha value is -0.950. The van der Waals surface area contributed by atoms with Gasteiger partial charge in [-0.05, 0) is 23.4 Å². The summed E-state index contributed by atoms with van der Waals surface area (Å²) in [5.41, 5.74) is 2.43. The molecular formula is C13H15S. The van der Waals surface area contributed by atoms with Crippen LogP contribution in [0, 0.1) is 5.92 Å². The first-order valence-corrected chi connectivity index (χ1v) is 5.72. The van der Waals surface area contributed by atoms with Gasteiger partial charge in [0.2, 0.25) is 0 Å². The second-order valence-electron chi connectivity index (χ2n) is 3.01. The first-order chi connectivity index (χ1) is 6.74. The summed E-state index contributed by atoms with van der Waals surface area (Å²) in [7, 11) is 0. The van der Waals surface area contributed by atoms with Gasteiger partial charge < -0.3 is 0 Å². The van der Waals surface area contributed by atoms with Crippen molar-refractivity contribution in [1.82, 2.24) is 0 Å². The van der Waals surface area contributed by atoms with Crippen LogP contribution in [-0.2, 0) is 0 Å². The van der Waals surface area contributed by atoms with E-state index in [4.69, 9.17) is 0 Å². The Morgan fingerprint density at radius 1 is 1.36 bits per heavy atom. The number of rotatable bonds is 4. The van der Waals surface area contributed by atoms with Gasteiger partial charge in [0, 0.05) is 10.8 Å². The van der Waals surface area contributed by atoms with Crippen molar-refractivity contribution in [2.45, 2.75) is 11.8 Å². The van der Waals surface area contributed by atoms with Crippen LogP contribution in [-0.4, -0.2) is 6.26 Å². The van der Waals surface area contributed by atoms with Gasteiger partial charge in [-0.25, -0.2) is 0 Å². The average molecular weight is 203 g/mol. The van der Waals surface area contributed by atoms with Gasteiger partial charge in [0.1, 0.15) is 0 Å². The van der Waals surface area contributed by atoms with Crippen LogP contribution in [0.1, 0.15) is 18.1 Å². The lowest BCUT2D eigenvalue weighted by molar-refractivity contribution is 1.21. The van der Waals surface area contributed by atoms with E-state index in [2.05, 4.69) is 44.5 Å². The summed E-state index contributed by atoms with van der Waals surface area (Å²) in [6, 6.07) is 6.29. The summed E-state index contributed by atoms with van der Waals surface area (Å²) in [6.45, 7) is 9.71. The number of thioether (sulfide) groups is 1. The largest absolute Gasteiger partial charge is 0.129 e. The zero-order valence-electron chi connectivity index (χ0n) is 8.71. The van der Waals surface area contributed by atoms with Gasteiger partial charge in [0.25, 0.3) is 0 Å². The van der Waals surface area contributed by atoms with Crippen molar-refractivity contribution in [2.75, 3.05) is 6.26 Å². The number of hydrogen-bond acceptors (Lipinski definition) is 1. The molecule has 0 aliphatic rings. The fourth-order valence-corrected chi connectivity index (χ4v) is 2.01. The Morgan fingerprint density at radius 3 is 2.57 bits per heavy atom. The van der Waals surface area contributed by atoms with Crippen molar-refractivity contribution < 1.29 is 0 Å². The molecule has 0 saturated carbocycles. The van der Waals surface area contributed by atoms with Gasteiger partial charge in [-0.15, -0.1) is 18.3 Å². The van der Waals surface area contributed by atoms with E-state index in [-0.39, 0.29) is 0 Å². The van der Waals surface area contributed by atoms with E-state index in [1.807, 2.05) is 12.2 Å². The molecule has 0 heterocycles. The third-order valence-corrected chi connectivity index (χ3v) is 3.02. The predicted octanol–water partition coefficient (Wildman–Crippen LogP) is 4.18. The highest BCUT2D eigenvalue weighted by atomic mass is 32.2. The minimum atomic E-state index is 1.19. The molecule has 1 rings (SSSR count). The molecule has 1 heteroatoms. The quantitative estimate of drug-likeness (QED) is 0.661. The van der Waals surface area contributed by atoms with E-state index in [1.54, 1.807) is 11.8 Å². The van der Waals surface area contributed by atoms with Crippen LogP contribution in [0.5, 0.6) is 0 Å². The first kappa shape index (κ1) is 11.1. The Morgan fingerprint density at radius 2 is 2.07 bits per heavy atom. The van der Waals surface area contributed by atoms with Gasteiger partial charge in [0.15, 0.2) is 0 Å². The molecule has 0 fully saturated rings. The molecule has 0 unspecified atom stereocenters. The van der Waals surface area contributed by atoms with Crippen LogP contribution in [0.25, 0.3) is 6.08 Å². The second kappa shape index (κ2) is 5.06. The van der Waals surface area contributed by atoms with E-state index in [9.17, 15) is 0 Å². The van der Waals surface area contributed by atoms with Crippen molar-refractivity contribution >= 4 is 17.8 Å². The highest BCUT2D eigenvalue weighted by Gasteiger charge is 2.08. The molecule has 73 valence electrons. The summed E-state index contributed by atoms with van der Waals surface area (Å²) in [4.78, 5) is 1.26. The molecule has 0 atom stereocenters. The fraction of sp³-hybridized carbons (Fsp3) is 0.154. The normalized spacial score (nSPS) is 10.2. The average Bonchev–Trinajstić information content (AvgIpc) is 2.26. The molecular weight excluding hydrogens is 188 g/mol. The minimum absolute atomic E-state index is 1.19. The number of allylic oxidation sites excluding steroid dienone is 1. The highest BCUT2D eigenvalue weighted by Crippen LogP contribution is 2.29. The van der Waals surface area contributed by atoms with E-state index < -0.39 is 0 Å². The van der Waals surface area contributed by atoms with Crippen molar-refractivity contribution in [3.8, 4) is 0 Å². The van der Waals surface area contributed by atoms with Crippen molar-refractivity contribution in [2.24, 2.45) is 0 Å². The molecule has 0 saturated heterocycles. The molecule has 1 aromatic rings. The standard InChI is InChI=1S/C13H15S/c1-5-10(3)12-8-7-9-13(14-4)11(12)6-2/h5-9H,1-2H2,3-4H3. The minimum Gasteiger partial charge on any atom is -0.129 e. The maximum Gasteiger partial charge on any atom is 0.0236 e. The van der Waals surface area contributed by atoms with Gasteiger partial charge in [-0.2, -0.15) is 0 Å².